The van der Waals surface area contributed by atoms with Gasteiger partial charge in [-0.15, -0.1) is 23.5 Å². The van der Waals surface area contributed by atoms with Crippen LogP contribution in [0.15, 0.2) is 0 Å². The average molecular weight is 178 g/mol. The summed E-state index contributed by atoms with van der Waals surface area (Å²) in [6, 6.07) is 0. The molecule has 0 amide bonds. The first-order valence-corrected chi connectivity index (χ1v) is 5.39. The van der Waals surface area contributed by atoms with Crippen LogP contribution in [0.1, 0.15) is 13.8 Å². The van der Waals surface area contributed by atoms with E-state index in [1.54, 1.807) is 23.5 Å². The van der Waals surface area contributed by atoms with E-state index in [9.17, 15) is 0 Å². The lowest BCUT2D eigenvalue weighted by Gasteiger charge is -2.11. The van der Waals surface area contributed by atoms with Gasteiger partial charge in [0.2, 0.25) is 0 Å². The SMILES string of the molecule is CCSC(SCC)C(=N)N. The van der Waals surface area contributed by atoms with Crippen molar-refractivity contribution in [3.8, 4) is 0 Å². The van der Waals surface area contributed by atoms with Crippen LogP contribution in [0, 0.1) is 5.41 Å². The lowest BCUT2D eigenvalue weighted by Crippen LogP contribution is -2.22. The second-order valence-corrected chi connectivity index (χ2v) is 4.76. The molecule has 60 valence electrons. The van der Waals surface area contributed by atoms with Crippen molar-refractivity contribution >= 4 is 29.4 Å². The van der Waals surface area contributed by atoms with E-state index in [2.05, 4.69) is 13.8 Å². The molecule has 0 fully saturated rings. The summed E-state index contributed by atoms with van der Waals surface area (Å²) in [6.45, 7) is 4.16. The standard InChI is InChI=1S/C6H14N2S2/c1-3-9-6(5(7)8)10-4-2/h6H,3-4H2,1-2H3,(H3,7,8). The predicted octanol–water partition coefficient (Wildman–Crippen LogP) is 1.75. The summed E-state index contributed by atoms with van der Waals surface area (Å²) in [4.78, 5) is 0. The number of amidine groups is 1. The third-order valence-corrected chi connectivity index (χ3v) is 3.49. The van der Waals surface area contributed by atoms with Crippen molar-refractivity contribution in [2.75, 3.05) is 11.5 Å². The van der Waals surface area contributed by atoms with Crippen molar-refractivity contribution in [2.45, 2.75) is 18.4 Å². The van der Waals surface area contributed by atoms with Crippen molar-refractivity contribution in [1.82, 2.24) is 0 Å². The van der Waals surface area contributed by atoms with Crippen LogP contribution in [-0.2, 0) is 0 Å². The molecule has 10 heavy (non-hydrogen) atoms. The van der Waals surface area contributed by atoms with Crippen molar-refractivity contribution in [3.63, 3.8) is 0 Å². The zero-order chi connectivity index (χ0) is 7.98. The Morgan fingerprint density at radius 3 is 2.00 bits per heavy atom. The van der Waals surface area contributed by atoms with Gasteiger partial charge in [0.25, 0.3) is 0 Å². The zero-order valence-corrected chi connectivity index (χ0v) is 8.02. The lowest BCUT2D eigenvalue weighted by atomic mass is 10.7. The molecule has 0 spiro atoms. The fourth-order valence-electron chi connectivity index (χ4n) is 0.530. The van der Waals surface area contributed by atoms with E-state index in [-0.39, 0.29) is 4.58 Å². The Morgan fingerprint density at radius 2 is 1.80 bits per heavy atom. The highest BCUT2D eigenvalue weighted by atomic mass is 32.2. The van der Waals surface area contributed by atoms with E-state index in [0.29, 0.717) is 5.84 Å². The quantitative estimate of drug-likeness (QED) is 0.383. The summed E-state index contributed by atoms with van der Waals surface area (Å²) < 4.78 is 0.176. The molecule has 0 aliphatic heterocycles. The maximum atomic E-state index is 7.19. The van der Waals surface area contributed by atoms with Crippen LogP contribution < -0.4 is 5.73 Å². The average Bonchev–Trinajstić information content (AvgIpc) is 1.87. The van der Waals surface area contributed by atoms with Crippen LogP contribution in [-0.4, -0.2) is 21.9 Å². The highest BCUT2D eigenvalue weighted by molar-refractivity contribution is 8.18. The summed E-state index contributed by atoms with van der Waals surface area (Å²) in [5.74, 6) is 2.34. The first kappa shape index (κ1) is 10.2. The largest absolute Gasteiger partial charge is 0.386 e. The van der Waals surface area contributed by atoms with Crippen LogP contribution >= 0.6 is 23.5 Å². The van der Waals surface area contributed by atoms with E-state index in [0.717, 1.165) is 11.5 Å². The molecule has 0 atom stereocenters. The molecule has 0 aliphatic rings. The third kappa shape index (κ3) is 4.06. The molecule has 4 heteroatoms. The van der Waals surface area contributed by atoms with Crippen molar-refractivity contribution in [3.05, 3.63) is 0 Å². The number of hydrogen-bond acceptors (Lipinski definition) is 3. The van der Waals surface area contributed by atoms with Gasteiger partial charge < -0.3 is 5.73 Å². The van der Waals surface area contributed by atoms with Crippen molar-refractivity contribution in [2.24, 2.45) is 5.73 Å². The van der Waals surface area contributed by atoms with Crippen LogP contribution in [0.4, 0.5) is 0 Å². The minimum Gasteiger partial charge on any atom is -0.386 e. The molecule has 0 rings (SSSR count). The first-order chi connectivity index (χ1) is 4.72. The lowest BCUT2D eigenvalue weighted by molar-refractivity contribution is 1.38. The van der Waals surface area contributed by atoms with Crippen molar-refractivity contribution < 1.29 is 0 Å². The number of hydrogen-bond donors (Lipinski definition) is 2. The van der Waals surface area contributed by atoms with Gasteiger partial charge in [-0.2, -0.15) is 0 Å². The first-order valence-electron chi connectivity index (χ1n) is 3.29. The summed E-state index contributed by atoms with van der Waals surface area (Å²) in [6.07, 6.45) is 0. The van der Waals surface area contributed by atoms with E-state index < -0.39 is 0 Å². The normalized spacial score (nSPS) is 10.3. The summed E-state index contributed by atoms with van der Waals surface area (Å²) in [7, 11) is 0. The molecule has 0 aromatic heterocycles. The Bertz CT molecular complexity index is 99.9. The molecule has 0 bridgehead atoms. The summed E-state index contributed by atoms with van der Waals surface area (Å²) >= 11 is 3.44. The molecule has 0 aromatic carbocycles. The van der Waals surface area contributed by atoms with Gasteiger partial charge in [-0.1, -0.05) is 13.8 Å². The Labute approximate surface area is 70.8 Å². The molecule has 0 saturated carbocycles. The Balaban J connectivity index is 3.61. The number of nitrogens with two attached hydrogens (primary N) is 1. The van der Waals surface area contributed by atoms with Crippen LogP contribution in [0.5, 0.6) is 0 Å². The van der Waals surface area contributed by atoms with E-state index in [1.165, 1.54) is 0 Å². The summed E-state index contributed by atoms with van der Waals surface area (Å²) in [5.41, 5.74) is 5.35. The molecule has 3 N–H and O–H groups in total. The van der Waals surface area contributed by atoms with Crippen LogP contribution in [0.25, 0.3) is 0 Å². The fraction of sp³-hybridized carbons (Fsp3) is 0.833. The maximum Gasteiger partial charge on any atom is 0.114 e. The Kier molecular flexibility index (Phi) is 6.02. The van der Waals surface area contributed by atoms with Gasteiger partial charge in [0.05, 0.1) is 0 Å². The molecule has 2 nitrogen and oxygen atoms in total. The van der Waals surface area contributed by atoms with Gasteiger partial charge in [0.1, 0.15) is 10.4 Å². The monoisotopic (exact) mass is 178 g/mol. The zero-order valence-electron chi connectivity index (χ0n) is 6.39. The second kappa shape index (κ2) is 5.92. The van der Waals surface area contributed by atoms with E-state index in [4.69, 9.17) is 11.1 Å². The predicted molar refractivity (Wildman–Crippen MR) is 52.0 cm³/mol. The second-order valence-electron chi connectivity index (χ2n) is 1.70. The molecule has 0 unspecified atom stereocenters. The molecule has 0 saturated heterocycles. The number of rotatable bonds is 5. The minimum absolute atomic E-state index is 0.176. The maximum absolute atomic E-state index is 7.19. The highest BCUT2D eigenvalue weighted by Crippen LogP contribution is 2.22. The molecule has 0 radical (unpaired) electrons. The minimum atomic E-state index is 0.176. The molecular formula is C6H14N2S2. The Hall–Kier alpha value is 0.170. The summed E-state index contributed by atoms with van der Waals surface area (Å²) in [5, 5.41) is 7.19. The molecule has 0 aliphatic carbocycles. The number of nitrogens with one attached hydrogen (secondary N) is 1. The van der Waals surface area contributed by atoms with Gasteiger partial charge in [-0.25, -0.2) is 0 Å². The van der Waals surface area contributed by atoms with Crippen LogP contribution in [0.2, 0.25) is 0 Å². The van der Waals surface area contributed by atoms with Gasteiger partial charge >= 0.3 is 0 Å². The van der Waals surface area contributed by atoms with Gasteiger partial charge in [-0.3, -0.25) is 5.41 Å². The molecule has 0 aromatic rings. The van der Waals surface area contributed by atoms with Crippen LogP contribution in [0.3, 0.4) is 0 Å². The van der Waals surface area contributed by atoms with Gasteiger partial charge in [0.15, 0.2) is 0 Å². The topological polar surface area (TPSA) is 49.9 Å². The molecular weight excluding hydrogens is 164 g/mol. The van der Waals surface area contributed by atoms with E-state index in [1.807, 2.05) is 0 Å². The van der Waals surface area contributed by atoms with E-state index >= 15 is 0 Å². The molecule has 0 heterocycles. The van der Waals surface area contributed by atoms with Gasteiger partial charge in [-0.05, 0) is 11.5 Å². The smallest absolute Gasteiger partial charge is 0.114 e. The third-order valence-electron chi connectivity index (χ3n) is 0.890. The van der Waals surface area contributed by atoms with Crippen molar-refractivity contribution in [1.29, 1.82) is 5.41 Å². The fourth-order valence-corrected chi connectivity index (χ4v) is 2.70. The Morgan fingerprint density at radius 1 is 1.40 bits per heavy atom. The highest BCUT2D eigenvalue weighted by Gasteiger charge is 2.09. The van der Waals surface area contributed by atoms with Gasteiger partial charge in [0, 0.05) is 0 Å². The number of thioether (sulfide) groups is 2.